The number of H-pyrrole nitrogens is 1. The second kappa shape index (κ2) is 2.80. The van der Waals surface area contributed by atoms with Gasteiger partial charge in [0.2, 0.25) is 0 Å². The molecule has 0 aliphatic carbocycles. The van der Waals surface area contributed by atoms with Gasteiger partial charge < -0.3 is 5.73 Å². The molecule has 0 aliphatic heterocycles. The van der Waals surface area contributed by atoms with Crippen LogP contribution in [0.25, 0.3) is 11.0 Å². The molecule has 0 spiro atoms. The molecule has 0 aliphatic rings. The van der Waals surface area contributed by atoms with E-state index >= 15 is 0 Å². The molecule has 0 saturated heterocycles. The Morgan fingerprint density at radius 3 is 3.00 bits per heavy atom. The minimum atomic E-state index is -0.193. The second-order valence-corrected chi connectivity index (χ2v) is 3.26. The van der Waals surface area contributed by atoms with Crippen molar-refractivity contribution in [1.29, 1.82) is 0 Å². The third-order valence-corrected chi connectivity index (χ3v) is 2.20. The van der Waals surface area contributed by atoms with Gasteiger partial charge in [0.25, 0.3) is 5.56 Å². The monoisotopic (exact) mass is 191 g/mol. The maximum atomic E-state index is 11.6. The Morgan fingerprint density at radius 1 is 1.57 bits per heavy atom. The average Bonchev–Trinajstić information content (AvgIpc) is 2.10. The minimum Gasteiger partial charge on any atom is -0.348 e. The summed E-state index contributed by atoms with van der Waals surface area (Å²) in [6.45, 7) is 1.87. The van der Waals surface area contributed by atoms with E-state index in [0.717, 1.165) is 5.56 Å². The fraction of sp³-hybridized carbons (Fsp3) is 0.222. The number of fused-ring (bicyclic) bond motifs is 1. The largest absolute Gasteiger partial charge is 0.348 e. The first-order chi connectivity index (χ1) is 6.59. The van der Waals surface area contributed by atoms with Crippen molar-refractivity contribution in [2.75, 3.05) is 5.73 Å². The first-order valence-corrected chi connectivity index (χ1v) is 4.24. The van der Waals surface area contributed by atoms with Crippen LogP contribution in [0.4, 0.5) is 5.95 Å². The summed E-state index contributed by atoms with van der Waals surface area (Å²) in [5.41, 5.74) is 6.77. The molecule has 0 atom stereocenters. The maximum absolute atomic E-state index is 11.6. The standard InChI is InChI=1S/C9H10N4O/c1-5-3-4-13(2)7-6(5)8(14)12-9(10)11-7/h3-4H,1-2H3,(H2,10,12,14)/p+1. The quantitative estimate of drug-likeness (QED) is 0.558. The third kappa shape index (κ3) is 1.14. The van der Waals surface area contributed by atoms with Crippen LogP contribution in [0.2, 0.25) is 0 Å². The van der Waals surface area contributed by atoms with Crippen molar-refractivity contribution in [3.05, 3.63) is 28.2 Å². The molecule has 0 unspecified atom stereocenters. The summed E-state index contributed by atoms with van der Waals surface area (Å²) < 4.78 is 1.77. The molecule has 0 amide bonds. The molecule has 0 radical (unpaired) electrons. The number of nitrogens with one attached hydrogen (secondary N) is 1. The van der Waals surface area contributed by atoms with Crippen molar-refractivity contribution < 1.29 is 4.57 Å². The summed E-state index contributed by atoms with van der Waals surface area (Å²) in [5.74, 6) is 0.142. The lowest BCUT2D eigenvalue weighted by atomic mass is 10.2. The lowest BCUT2D eigenvalue weighted by Gasteiger charge is -1.98. The second-order valence-electron chi connectivity index (χ2n) is 3.26. The van der Waals surface area contributed by atoms with Gasteiger partial charge in [0.1, 0.15) is 5.39 Å². The van der Waals surface area contributed by atoms with E-state index in [1.807, 2.05) is 26.2 Å². The Morgan fingerprint density at radius 2 is 2.29 bits per heavy atom. The highest BCUT2D eigenvalue weighted by molar-refractivity contribution is 5.75. The van der Waals surface area contributed by atoms with Crippen LogP contribution in [0.5, 0.6) is 0 Å². The number of aromatic amines is 1. The molecule has 14 heavy (non-hydrogen) atoms. The summed E-state index contributed by atoms with van der Waals surface area (Å²) in [6.07, 6.45) is 1.85. The van der Waals surface area contributed by atoms with Gasteiger partial charge in [-0.2, -0.15) is 0 Å². The summed E-state index contributed by atoms with van der Waals surface area (Å²) in [5, 5.41) is 0.587. The van der Waals surface area contributed by atoms with Crippen LogP contribution in [-0.2, 0) is 7.05 Å². The Hall–Kier alpha value is -1.91. The zero-order valence-electron chi connectivity index (χ0n) is 8.03. The van der Waals surface area contributed by atoms with Crippen LogP contribution < -0.4 is 15.9 Å². The molecule has 5 nitrogen and oxygen atoms in total. The first-order valence-electron chi connectivity index (χ1n) is 4.24. The smallest absolute Gasteiger partial charge is 0.340 e. The molecular formula is C9H11N4O+. The number of aromatic nitrogens is 3. The molecule has 72 valence electrons. The predicted molar refractivity (Wildman–Crippen MR) is 52.7 cm³/mol. The van der Waals surface area contributed by atoms with Crippen LogP contribution in [-0.4, -0.2) is 9.97 Å². The van der Waals surface area contributed by atoms with E-state index in [-0.39, 0.29) is 11.5 Å². The van der Waals surface area contributed by atoms with E-state index in [0.29, 0.717) is 11.0 Å². The molecule has 2 heterocycles. The van der Waals surface area contributed by atoms with Gasteiger partial charge in [-0.1, -0.05) is 0 Å². The molecule has 5 heteroatoms. The van der Waals surface area contributed by atoms with Gasteiger partial charge in [0.05, 0.1) is 13.2 Å². The van der Waals surface area contributed by atoms with Crippen LogP contribution in [0, 0.1) is 6.92 Å². The van der Waals surface area contributed by atoms with Gasteiger partial charge in [0, 0.05) is 0 Å². The van der Waals surface area contributed by atoms with Crippen molar-refractivity contribution >= 4 is 17.0 Å². The van der Waals surface area contributed by atoms with Crippen LogP contribution in [0.15, 0.2) is 17.1 Å². The highest BCUT2D eigenvalue weighted by Gasteiger charge is 2.14. The van der Waals surface area contributed by atoms with Gasteiger partial charge in [-0.05, 0) is 23.5 Å². The molecule has 2 rings (SSSR count). The lowest BCUT2D eigenvalue weighted by molar-refractivity contribution is -0.646. The topological polar surface area (TPSA) is 75.7 Å². The maximum Gasteiger partial charge on any atom is 0.340 e. The predicted octanol–water partition coefficient (Wildman–Crippen LogP) is -0.362. The first kappa shape index (κ1) is 8.68. The highest BCUT2D eigenvalue weighted by Crippen LogP contribution is 2.07. The fourth-order valence-corrected chi connectivity index (χ4v) is 1.47. The van der Waals surface area contributed by atoms with Crippen molar-refractivity contribution in [3.8, 4) is 0 Å². The minimum absolute atomic E-state index is 0.142. The zero-order chi connectivity index (χ0) is 10.3. The van der Waals surface area contributed by atoms with E-state index in [9.17, 15) is 4.79 Å². The van der Waals surface area contributed by atoms with E-state index in [2.05, 4.69) is 9.97 Å². The number of rotatable bonds is 0. The molecule has 3 N–H and O–H groups in total. The molecule has 0 fully saturated rings. The van der Waals surface area contributed by atoms with E-state index < -0.39 is 0 Å². The number of hydrogen-bond donors (Lipinski definition) is 2. The highest BCUT2D eigenvalue weighted by atomic mass is 16.1. The van der Waals surface area contributed by atoms with Crippen molar-refractivity contribution in [3.63, 3.8) is 0 Å². The number of pyridine rings is 1. The molecule has 0 saturated carbocycles. The van der Waals surface area contributed by atoms with Gasteiger partial charge in [0.15, 0.2) is 0 Å². The zero-order valence-corrected chi connectivity index (χ0v) is 8.03. The average molecular weight is 191 g/mol. The van der Waals surface area contributed by atoms with Crippen molar-refractivity contribution in [2.24, 2.45) is 7.05 Å². The lowest BCUT2D eigenvalue weighted by Crippen LogP contribution is -2.32. The van der Waals surface area contributed by atoms with Gasteiger partial charge in [-0.25, -0.2) is 4.57 Å². The molecule has 2 aromatic heterocycles. The van der Waals surface area contributed by atoms with Gasteiger partial charge >= 0.3 is 11.6 Å². The Labute approximate surface area is 80.2 Å². The SMILES string of the molecule is Cc1cc[n+](C)c2nc(N)[nH]c(=O)c12. The Bertz CT molecular complexity index is 558. The van der Waals surface area contributed by atoms with Gasteiger partial charge in [-0.3, -0.25) is 9.78 Å². The van der Waals surface area contributed by atoms with Gasteiger partial charge in [-0.15, -0.1) is 0 Å². The molecular weight excluding hydrogens is 180 g/mol. The summed E-state index contributed by atoms with van der Waals surface area (Å²) in [7, 11) is 1.83. The van der Waals surface area contributed by atoms with Crippen molar-refractivity contribution in [1.82, 2.24) is 9.97 Å². The Balaban J connectivity index is 3.08. The Kier molecular flexibility index (Phi) is 1.73. The van der Waals surface area contributed by atoms with Crippen LogP contribution in [0.3, 0.4) is 0 Å². The van der Waals surface area contributed by atoms with E-state index in [4.69, 9.17) is 5.73 Å². The van der Waals surface area contributed by atoms with Crippen LogP contribution in [0.1, 0.15) is 5.56 Å². The summed E-state index contributed by atoms with van der Waals surface area (Å²) >= 11 is 0. The number of nitrogen functional groups attached to an aromatic ring is 1. The molecule has 0 aromatic carbocycles. The normalized spacial score (nSPS) is 10.7. The van der Waals surface area contributed by atoms with E-state index in [1.54, 1.807) is 4.57 Å². The van der Waals surface area contributed by atoms with Crippen LogP contribution >= 0.6 is 0 Å². The number of hydrogen-bond acceptors (Lipinski definition) is 3. The molecule has 2 aromatic rings. The summed E-state index contributed by atoms with van der Waals surface area (Å²) in [6, 6.07) is 1.87. The number of nitrogens with zero attached hydrogens (tertiary/aromatic N) is 2. The van der Waals surface area contributed by atoms with Crippen molar-refractivity contribution in [2.45, 2.75) is 6.92 Å². The number of nitrogens with two attached hydrogens (primary N) is 1. The molecule has 0 bridgehead atoms. The number of aryl methyl sites for hydroxylation is 2. The third-order valence-electron chi connectivity index (χ3n) is 2.20. The number of anilines is 1. The fourth-order valence-electron chi connectivity index (χ4n) is 1.47. The summed E-state index contributed by atoms with van der Waals surface area (Å²) in [4.78, 5) is 18.1. The van der Waals surface area contributed by atoms with E-state index in [1.165, 1.54) is 0 Å².